The molecule has 102 valence electrons. The first-order chi connectivity index (χ1) is 8.99. The summed E-state index contributed by atoms with van der Waals surface area (Å²) in [5.74, 6) is -0.0139. The van der Waals surface area contributed by atoms with Crippen molar-refractivity contribution in [1.29, 1.82) is 0 Å². The molecule has 0 aromatic heterocycles. The van der Waals surface area contributed by atoms with Crippen LogP contribution >= 0.6 is 0 Å². The molecule has 0 fully saturated rings. The molecule has 0 saturated heterocycles. The van der Waals surface area contributed by atoms with Gasteiger partial charge in [0.15, 0.2) is 5.78 Å². The van der Waals surface area contributed by atoms with E-state index in [1.807, 2.05) is 45.2 Å². The van der Waals surface area contributed by atoms with Crippen LogP contribution in [-0.2, 0) is 0 Å². The summed E-state index contributed by atoms with van der Waals surface area (Å²) >= 11 is 0. The zero-order chi connectivity index (χ0) is 14.3. The Hall–Kier alpha value is -2.17. The molecule has 0 bridgehead atoms. The van der Waals surface area contributed by atoms with Crippen molar-refractivity contribution in [2.24, 2.45) is 9.98 Å². The Morgan fingerprint density at radius 1 is 1.16 bits per heavy atom. The summed E-state index contributed by atoms with van der Waals surface area (Å²) < 4.78 is 0. The van der Waals surface area contributed by atoms with Crippen molar-refractivity contribution in [2.45, 2.75) is 0 Å². The third-order valence-electron chi connectivity index (χ3n) is 2.15. The van der Waals surface area contributed by atoms with Crippen molar-refractivity contribution in [1.82, 2.24) is 9.80 Å². The average molecular weight is 260 g/mol. The van der Waals surface area contributed by atoms with Crippen LogP contribution < -0.4 is 0 Å². The molecule has 1 aromatic rings. The molecule has 1 aromatic carbocycles. The molecule has 1 rings (SSSR count). The van der Waals surface area contributed by atoms with Gasteiger partial charge >= 0.3 is 0 Å². The number of hydrogen-bond acceptors (Lipinski definition) is 3. The molecule has 0 radical (unpaired) electrons. The van der Waals surface area contributed by atoms with Gasteiger partial charge in [0.1, 0.15) is 6.54 Å². The number of rotatable bonds is 6. The van der Waals surface area contributed by atoms with Gasteiger partial charge in [0.2, 0.25) is 0 Å². The van der Waals surface area contributed by atoms with E-state index in [2.05, 4.69) is 9.98 Å². The highest BCUT2D eigenvalue weighted by atomic mass is 16.1. The number of ketones is 1. The van der Waals surface area contributed by atoms with E-state index >= 15 is 0 Å². The highest BCUT2D eigenvalue weighted by molar-refractivity contribution is 5.98. The maximum absolute atomic E-state index is 11.9. The summed E-state index contributed by atoms with van der Waals surface area (Å²) in [4.78, 5) is 23.9. The summed E-state index contributed by atoms with van der Waals surface area (Å²) in [6.07, 6.45) is 3.33. The van der Waals surface area contributed by atoms with Crippen LogP contribution in [0.25, 0.3) is 0 Å². The largest absolute Gasteiger partial charge is 0.369 e. The van der Waals surface area contributed by atoms with E-state index in [0.717, 1.165) is 5.69 Å². The van der Waals surface area contributed by atoms with Gasteiger partial charge in [-0.2, -0.15) is 0 Å². The predicted octanol–water partition coefficient (Wildman–Crippen LogP) is 1.68. The van der Waals surface area contributed by atoms with E-state index in [1.165, 1.54) is 0 Å². The third kappa shape index (κ3) is 5.81. The van der Waals surface area contributed by atoms with Gasteiger partial charge < -0.3 is 9.80 Å². The molecule has 5 heteroatoms. The quantitative estimate of drug-likeness (QED) is 0.444. The molecule has 0 heterocycles. The molecule has 0 saturated carbocycles. The minimum atomic E-state index is -0.0139. The van der Waals surface area contributed by atoms with Crippen LogP contribution in [0, 0.1) is 0 Å². The van der Waals surface area contributed by atoms with Gasteiger partial charge in [-0.3, -0.25) is 9.79 Å². The van der Waals surface area contributed by atoms with Crippen LogP contribution in [0.1, 0.15) is 10.4 Å². The van der Waals surface area contributed by atoms with Gasteiger partial charge in [0.05, 0.1) is 18.4 Å². The summed E-state index contributed by atoms with van der Waals surface area (Å²) in [7, 11) is 7.53. The van der Waals surface area contributed by atoms with Gasteiger partial charge in [-0.05, 0) is 12.1 Å². The van der Waals surface area contributed by atoms with E-state index < -0.39 is 0 Å². The fourth-order valence-electron chi connectivity index (χ4n) is 1.32. The molecule has 19 heavy (non-hydrogen) atoms. The first-order valence-electron chi connectivity index (χ1n) is 5.99. The van der Waals surface area contributed by atoms with Crippen molar-refractivity contribution in [2.75, 3.05) is 34.7 Å². The second-order valence-electron chi connectivity index (χ2n) is 4.60. The van der Waals surface area contributed by atoms with E-state index in [4.69, 9.17) is 0 Å². The van der Waals surface area contributed by atoms with Gasteiger partial charge in [0.25, 0.3) is 0 Å². The van der Waals surface area contributed by atoms with Crippen molar-refractivity contribution in [3.05, 3.63) is 29.8 Å². The summed E-state index contributed by atoms with van der Waals surface area (Å²) in [6, 6.07) is 7.24. The third-order valence-corrected chi connectivity index (χ3v) is 2.15. The van der Waals surface area contributed by atoms with Crippen LogP contribution in [0.5, 0.6) is 0 Å². The standard InChI is InChI=1S/C14H20N4O/c1-17(2)10-15-9-14(19)12-6-5-7-13(8-12)16-11-18(3)4/h5-8,10-11H,9H2,1-4H3. The molecule has 0 N–H and O–H groups in total. The SMILES string of the molecule is CN(C)C=NCC(=O)c1cccc(N=CN(C)C)c1. The monoisotopic (exact) mass is 260 g/mol. The number of Topliss-reactive ketones (excluding diaryl/α,β-unsaturated/α-hetero) is 1. The van der Waals surface area contributed by atoms with Gasteiger partial charge in [0, 0.05) is 33.8 Å². The summed E-state index contributed by atoms with van der Waals surface area (Å²) in [5.41, 5.74) is 1.39. The van der Waals surface area contributed by atoms with Crippen LogP contribution in [0.15, 0.2) is 34.3 Å². The first kappa shape index (κ1) is 14.9. The van der Waals surface area contributed by atoms with E-state index in [9.17, 15) is 4.79 Å². The minimum absolute atomic E-state index is 0.0139. The van der Waals surface area contributed by atoms with Crippen molar-refractivity contribution in [3.8, 4) is 0 Å². The normalized spacial score (nSPS) is 11.2. The fraction of sp³-hybridized carbons (Fsp3) is 0.357. The number of carbonyl (C=O) groups is 1. The first-order valence-corrected chi connectivity index (χ1v) is 5.99. The maximum atomic E-state index is 11.9. The van der Waals surface area contributed by atoms with Crippen LogP contribution in [0.4, 0.5) is 5.69 Å². The number of carbonyl (C=O) groups excluding carboxylic acids is 1. The molecular weight excluding hydrogens is 240 g/mol. The zero-order valence-electron chi connectivity index (χ0n) is 11.9. The topological polar surface area (TPSA) is 48.3 Å². The lowest BCUT2D eigenvalue weighted by Gasteiger charge is -2.04. The number of hydrogen-bond donors (Lipinski definition) is 0. The molecule has 0 aliphatic heterocycles. The molecule has 0 atom stereocenters. The highest BCUT2D eigenvalue weighted by Crippen LogP contribution is 2.14. The van der Waals surface area contributed by atoms with E-state index in [1.54, 1.807) is 29.7 Å². The molecular formula is C14H20N4O. The Labute approximate surface area is 114 Å². The van der Waals surface area contributed by atoms with Crippen molar-refractivity contribution in [3.63, 3.8) is 0 Å². The van der Waals surface area contributed by atoms with Crippen LogP contribution in [0.3, 0.4) is 0 Å². The van der Waals surface area contributed by atoms with Gasteiger partial charge in [-0.1, -0.05) is 12.1 Å². The zero-order valence-corrected chi connectivity index (χ0v) is 11.9. The lowest BCUT2D eigenvalue weighted by Crippen LogP contribution is -2.10. The fourth-order valence-corrected chi connectivity index (χ4v) is 1.32. The minimum Gasteiger partial charge on any atom is -0.369 e. The Kier molecular flexibility index (Phi) is 5.73. The van der Waals surface area contributed by atoms with Gasteiger partial charge in [-0.25, -0.2) is 4.99 Å². The average Bonchev–Trinajstić information content (AvgIpc) is 2.36. The Balaban J connectivity index is 2.73. The van der Waals surface area contributed by atoms with E-state index in [-0.39, 0.29) is 12.3 Å². The summed E-state index contributed by atoms with van der Waals surface area (Å²) in [6.45, 7) is 0.152. The molecule has 0 aliphatic carbocycles. The number of benzene rings is 1. The second-order valence-corrected chi connectivity index (χ2v) is 4.60. The molecule has 0 spiro atoms. The molecule has 0 aliphatic rings. The second kappa shape index (κ2) is 7.31. The van der Waals surface area contributed by atoms with Crippen LogP contribution in [-0.4, -0.2) is 63.0 Å². The smallest absolute Gasteiger partial charge is 0.184 e. The Morgan fingerprint density at radius 3 is 2.47 bits per heavy atom. The lowest BCUT2D eigenvalue weighted by molar-refractivity contribution is 0.100. The number of nitrogens with zero attached hydrogens (tertiary/aromatic N) is 4. The maximum Gasteiger partial charge on any atom is 0.184 e. The van der Waals surface area contributed by atoms with Crippen molar-refractivity contribution >= 4 is 24.1 Å². The van der Waals surface area contributed by atoms with Gasteiger partial charge in [-0.15, -0.1) is 0 Å². The summed E-state index contributed by atoms with van der Waals surface area (Å²) in [5, 5.41) is 0. The molecule has 0 unspecified atom stereocenters. The predicted molar refractivity (Wildman–Crippen MR) is 79.7 cm³/mol. The molecule has 0 amide bonds. The van der Waals surface area contributed by atoms with Crippen molar-refractivity contribution < 1.29 is 4.79 Å². The lowest BCUT2D eigenvalue weighted by atomic mass is 10.1. The molecule has 5 nitrogen and oxygen atoms in total. The number of aliphatic imine (C=N–C) groups is 2. The Morgan fingerprint density at radius 2 is 1.84 bits per heavy atom. The Bertz CT molecular complexity index is 478. The highest BCUT2D eigenvalue weighted by Gasteiger charge is 2.04. The van der Waals surface area contributed by atoms with Crippen LogP contribution in [0.2, 0.25) is 0 Å². The van der Waals surface area contributed by atoms with E-state index in [0.29, 0.717) is 5.56 Å².